The van der Waals surface area contributed by atoms with Crippen molar-refractivity contribution >= 4 is 5.91 Å². The maximum atomic E-state index is 11.5. The molecule has 0 heterocycles. The lowest BCUT2D eigenvalue weighted by atomic mass is 10.1. The van der Waals surface area contributed by atoms with E-state index in [-0.39, 0.29) is 11.5 Å². The number of carbonyl (C=O) groups is 1. The molecule has 114 valence electrons. The van der Waals surface area contributed by atoms with Crippen molar-refractivity contribution in [2.24, 2.45) is 0 Å². The van der Waals surface area contributed by atoms with Crippen LogP contribution in [0.3, 0.4) is 0 Å². The van der Waals surface area contributed by atoms with Crippen LogP contribution < -0.4 is 5.32 Å². The molecule has 1 N–H and O–H groups in total. The van der Waals surface area contributed by atoms with Crippen molar-refractivity contribution in [1.29, 1.82) is 0 Å². The number of hydrogen-bond acceptors (Lipinski definition) is 3. The monoisotopic (exact) mass is 273 g/mol. The van der Waals surface area contributed by atoms with Crippen molar-refractivity contribution in [1.82, 2.24) is 5.32 Å². The molecule has 4 heteroatoms. The van der Waals surface area contributed by atoms with E-state index in [9.17, 15) is 4.79 Å². The van der Waals surface area contributed by atoms with Crippen LogP contribution in [0.15, 0.2) is 0 Å². The summed E-state index contributed by atoms with van der Waals surface area (Å²) in [4.78, 5) is 11.5. The van der Waals surface area contributed by atoms with Gasteiger partial charge in [-0.05, 0) is 47.0 Å². The first-order valence-electron chi connectivity index (χ1n) is 7.44. The maximum Gasteiger partial charge on any atom is 0.219 e. The molecule has 0 aliphatic carbocycles. The fourth-order valence-corrected chi connectivity index (χ4v) is 1.58. The van der Waals surface area contributed by atoms with Crippen molar-refractivity contribution in [3.63, 3.8) is 0 Å². The van der Waals surface area contributed by atoms with E-state index in [1.54, 1.807) is 0 Å². The zero-order valence-corrected chi connectivity index (χ0v) is 13.1. The molecule has 1 amide bonds. The summed E-state index contributed by atoms with van der Waals surface area (Å²) in [5.41, 5.74) is -0.0576. The van der Waals surface area contributed by atoms with E-state index in [1.807, 2.05) is 6.92 Å². The van der Waals surface area contributed by atoms with E-state index in [4.69, 9.17) is 9.47 Å². The van der Waals surface area contributed by atoms with E-state index >= 15 is 0 Å². The van der Waals surface area contributed by atoms with Gasteiger partial charge >= 0.3 is 0 Å². The van der Waals surface area contributed by atoms with Crippen LogP contribution >= 0.6 is 0 Å². The van der Waals surface area contributed by atoms with Gasteiger partial charge in [-0.3, -0.25) is 4.79 Å². The van der Waals surface area contributed by atoms with E-state index in [0.717, 1.165) is 45.5 Å². The minimum Gasteiger partial charge on any atom is -0.382 e. The number of nitrogens with one attached hydrogen (secondary N) is 1. The van der Waals surface area contributed by atoms with Gasteiger partial charge in [0.1, 0.15) is 0 Å². The van der Waals surface area contributed by atoms with Gasteiger partial charge in [0.05, 0.1) is 5.60 Å². The molecule has 0 aromatic heterocycles. The SMILES string of the molecule is CCOCCCNC(=O)CCCCCOC(C)(C)C. The molecule has 0 unspecified atom stereocenters. The average molecular weight is 273 g/mol. The standard InChI is InChI=1S/C15H31NO3/c1-5-18-12-9-11-16-14(17)10-7-6-8-13-19-15(2,3)4/h5-13H2,1-4H3,(H,16,17). The molecular weight excluding hydrogens is 242 g/mol. The van der Waals surface area contributed by atoms with Gasteiger partial charge in [-0.25, -0.2) is 0 Å². The summed E-state index contributed by atoms with van der Waals surface area (Å²) >= 11 is 0. The Bertz CT molecular complexity index is 224. The molecule has 0 spiro atoms. The van der Waals surface area contributed by atoms with E-state index in [2.05, 4.69) is 26.1 Å². The number of ether oxygens (including phenoxy) is 2. The Morgan fingerprint density at radius 1 is 1.05 bits per heavy atom. The lowest BCUT2D eigenvalue weighted by Crippen LogP contribution is -2.25. The van der Waals surface area contributed by atoms with Gasteiger partial charge < -0.3 is 14.8 Å². The average Bonchev–Trinajstić information content (AvgIpc) is 2.32. The third-order valence-corrected chi connectivity index (χ3v) is 2.57. The van der Waals surface area contributed by atoms with Crippen LogP contribution in [-0.4, -0.2) is 37.9 Å². The quantitative estimate of drug-likeness (QED) is 0.589. The largest absolute Gasteiger partial charge is 0.382 e. The Balaban J connectivity index is 3.25. The van der Waals surface area contributed by atoms with E-state index in [1.165, 1.54) is 0 Å². The van der Waals surface area contributed by atoms with Gasteiger partial charge in [-0.1, -0.05) is 6.42 Å². The minimum atomic E-state index is -0.0576. The zero-order chi connectivity index (χ0) is 14.6. The molecule has 0 aromatic rings. The fraction of sp³-hybridized carbons (Fsp3) is 0.933. The molecule has 0 saturated carbocycles. The topological polar surface area (TPSA) is 47.6 Å². The van der Waals surface area contributed by atoms with Crippen LogP contribution in [-0.2, 0) is 14.3 Å². The first-order valence-corrected chi connectivity index (χ1v) is 7.44. The normalized spacial score (nSPS) is 11.6. The van der Waals surface area contributed by atoms with Crippen LogP contribution in [0.2, 0.25) is 0 Å². The van der Waals surface area contributed by atoms with Crippen molar-refractivity contribution in [2.75, 3.05) is 26.4 Å². The lowest BCUT2D eigenvalue weighted by molar-refractivity contribution is -0.121. The number of carbonyl (C=O) groups excluding carboxylic acids is 1. The van der Waals surface area contributed by atoms with Crippen LogP contribution in [0.25, 0.3) is 0 Å². The highest BCUT2D eigenvalue weighted by atomic mass is 16.5. The van der Waals surface area contributed by atoms with E-state index in [0.29, 0.717) is 13.0 Å². The molecule has 0 bridgehead atoms. The summed E-state index contributed by atoms with van der Waals surface area (Å²) in [5, 5.41) is 2.91. The smallest absolute Gasteiger partial charge is 0.219 e. The van der Waals surface area contributed by atoms with Crippen LogP contribution in [0, 0.1) is 0 Å². The number of amides is 1. The molecule has 0 radical (unpaired) electrons. The van der Waals surface area contributed by atoms with Crippen LogP contribution in [0.5, 0.6) is 0 Å². The Morgan fingerprint density at radius 3 is 2.42 bits per heavy atom. The second kappa shape index (κ2) is 11.2. The maximum absolute atomic E-state index is 11.5. The molecule has 19 heavy (non-hydrogen) atoms. The molecular formula is C15H31NO3. The number of hydrogen-bond donors (Lipinski definition) is 1. The van der Waals surface area contributed by atoms with Crippen LogP contribution in [0.4, 0.5) is 0 Å². The first-order chi connectivity index (χ1) is 8.95. The number of unbranched alkanes of at least 4 members (excludes halogenated alkanes) is 2. The summed E-state index contributed by atoms with van der Waals surface area (Å²) in [7, 11) is 0. The van der Waals surface area contributed by atoms with Crippen molar-refractivity contribution in [3.05, 3.63) is 0 Å². The summed E-state index contributed by atoms with van der Waals surface area (Å²) < 4.78 is 10.8. The Labute approximate surface area is 118 Å². The van der Waals surface area contributed by atoms with Gasteiger partial charge in [0.2, 0.25) is 5.91 Å². The third kappa shape index (κ3) is 15.3. The molecule has 4 nitrogen and oxygen atoms in total. The highest BCUT2D eigenvalue weighted by molar-refractivity contribution is 5.75. The molecule has 0 rings (SSSR count). The highest BCUT2D eigenvalue weighted by Crippen LogP contribution is 2.08. The zero-order valence-electron chi connectivity index (χ0n) is 13.1. The predicted molar refractivity (Wildman–Crippen MR) is 78.3 cm³/mol. The lowest BCUT2D eigenvalue weighted by Gasteiger charge is -2.19. The Morgan fingerprint density at radius 2 is 1.79 bits per heavy atom. The van der Waals surface area contributed by atoms with Gasteiger partial charge in [-0.2, -0.15) is 0 Å². The van der Waals surface area contributed by atoms with Crippen LogP contribution in [0.1, 0.15) is 59.8 Å². The molecule has 0 aromatic carbocycles. The summed E-state index contributed by atoms with van der Waals surface area (Å²) in [5.74, 6) is 0.147. The summed E-state index contributed by atoms with van der Waals surface area (Å²) in [6.45, 7) is 11.1. The number of rotatable bonds is 11. The Hall–Kier alpha value is -0.610. The minimum absolute atomic E-state index is 0.0576. The van der Waals surface area contributed by atoms with Gasteiger partial charge in [0.25, 0.3) is 0 Å². The van der Waals surface area contributed by atoms with Crippen molar-refractivity contribution in [2.45, 2.75) is 65.4 Å². The fourth-order valence-electron chi connectivity index (χ4n) is 1.58. The molecule has 0 atom stereocenters. The summed E-state index contributed by atoms with van der Waals surface area (Å²) in [6.07, 6.45) is 4.51. The summed E-state index contributed by atoms with van der Waals surface area (Å²) in [6, 6.07) is 0. The molecule has 0 aliphatic rings. The highest BCUT2D eigenvalue weighted by Gasteiger charge is 2.08. The second-order valence-electron chi connectivity index (χ2n) is 5.67. The molecule has 0 saturated heterocycles. The van der Waals surface area contributed by atoms with Gasteiger partial charge in [0, 0.05) is 32.8 Å². The van der Waals surface area contributed by atoms with Gasteiger partial charge in [-0.15, -0.1) is 0 Å². The molecule has 0 aliphatic heterocycles. The van der Waals surface area contributed by atoms with E-state index < -0.39 is 0 Å². The van der Waals surface area contributed by atoms with Gasteiger partial charge in [0.15, 0.2) is 0 Å². The first kappa shape index (κ1) is 18.4. The second-order valence-corrected chi connectivity index (χ2v) is 5.67. The molecule has 0 fully saturated rings. The third-order valence-electron chi connectivity index (χ3n) is 2.57. The Kier molecular flexibility index (Phi) is 10.9. The predicted octanol–water partition coefficient (Wildman–Crippen LogP) is 2.90. The van der Waals surface area contributed by atoms with Crippen molar-refractivity contribution < 1.29 is 14.3 Å². The van der Waals surface area contributed by atoms with Crippen molar-refractivity contribution in [3.8, 4) is 0 Å².